The van der Waals surface area contributed by atoms with E-state index in [1.807, 2.05) is 0 Å². The Balaban J connectivity index is 3.05. The summed E-state index contributed by atoms with van der Waals surface area (Å²) in [4.78, 5) is 0. The summed E-state index contributed by atoms with van der Waals surface area (Å²) in [6.45, 7) is 8.63. The monoisotopic (exact) mass is 174 g/mol. The van der Waals surface area contributed by atoms with Crippen molar-refractivity contribution < 1.29 is 0 Å². The lowest BCUT2D eigenvalue weighted by atomic mass is 9.94. The summed E-state index contributed by atoms with van der Waals surface area (Å²) >= 11 is 0. The Hall–Kier alpha value is -1.04. The highest BCUT2D eigenvalue weighted by Gasteiger charge is 2.04. The van der Waals surface area contributed by atoms with Gasteiger partial charge < -0.3 is 0 Å². The molecule has 0 aliphatic carbocycles. The van der Waals surface area contributed by atoms with Crippen molar-refractivity contribution in [3.05, 3.63) is 47.0 Å². The molecular formula is C13H18. The molecule has 0 radical (unpaired) electrons. The van der Waals surface area contributed by atoms with E-state index in [0.29, 0.717) is 5.92 Å². The highest BCUT2D eigenvalue weighted by molar-refractivity contribution is 5.34. The van der Waals surface area contributed by atoms with Gasteiger partial charge in [-0.3, -0.25) is 0 Å². The first-order valence-corrected chi connectivity index (χ1v) is 4.85. The number of aryl methyl sites for hydroxylation is 2. The highest BCUT2D eigenvalue weighted by Crippen LogP contribution is 2.21. The average Bonchev–Trinajstić information content (AvgIpc) is 2.09. The van der Waals surface area contributed by atoms with Gasteiger partial charge in [-0.15, -0.1) is 0 Å². The van der Waals surface area contributed by atoms with Crippen LogP contribution in [-0.4, -0.2) is 0 Å². The summed E-state index contributed by atoms with van der Waals surface area (Å²) in [7, 11) is 0. The second-order valence-corrected chi connectivity index (χ2v) is 3.67. The lowest BCUT2D eigenvalue weighted by molar-refractivity contribution is 0.947. The van der Waals surface area contributed by atoms with Crippen molar-refractivity contribution in [2.24, 2.45) is 0 Å². The van der Waals surface area contributed by atoms with Crippen molar-refractivity contribution in [3.8, 4) is 0 Å². The first-order valence-electron chi connectivity index (χ1n) is 4.85. The SMILES string of the molecule is CC=CC(C)c1cc(C)ccc1C. The summed E-state index contributed by atoms with van der Waals surface area (Å²) in [5.41, 5.74) is 4.17. The van der Waals surface area contributed by atoms with Crippen molar-refractivity contribution in [1.82, 2.24) is 0 Å². The summed E-state index contributed by atoms with van der Waals surface area (Å²) in [5.74, 6) is 0.532. The molecule has 0 bridgehead atoms. The van der Waals surface area contributed by atoms with Gasteiger partial charge in [0.05, 0.1) is 0 Å². The number of hydrogen-bond donors (Lipinski definition) is 0. The van der Waals surface area contributed by atoms with Gasteiger partial charge in [-0.1, -0.05) is 42.8 Å². The molecule has 0 nitrogen and oxygen atoms in total. The maximum atomic E-state index is 2.28. The van der Waals surface area contributed by atoms with Crippen LogP contribution in [0.5, 0.6) is 0 Å². The zero-order chi connectivity index (χ0) is 9.84. The van der Waals surface area contributed by atoms with Crippen LogP contribution in [0.15, 0.2) is 30.4 Å². The Morgan fingerprint density at radius 2 is 1.92 bits per heavy atom. The molecule has 1 atom stereocenters. The van der Waals surface area contributed by atoms with Crippen molar-refractivity contribution in [2.45, 2.75) is 33.6 Å². The minimum Gasteiger partial charge on any atom is -0.0911 e. The molecule has 1 aromatic rings. The van der Waals surface area contributed by atoms with Crippen LogP contribution in [0.25, 0.3) is 0 Å². The van der Waals surface area contributed by atoms with E-state index < -0.39 is 0 Å². The van der Waals surface area contributed by atoms with Crippen LogP contribution in [0.4, 0.5) is 0 Å². The lowest BCUT2D eigenvalue weighted by Gasteiger charge is -2.11. The smallest absolute Gasteiger partial charge is 0.000783 e. The van der Waals surface area contributed by atoms with Crippen molar-refractivity contribution in [2.75, 3.05) is 0 Å². The Kier molecular flexibility index (Phi) is 3.30. The molecule has 0 saturated heterocycles. The summed E-state index contributed by atoms with van der Waals surface area (Å²) < 4.78 is 0. The van der Waals surface area contributed by atoms with Crippen LogP contribution >= 0.6 is 0 Å². The largest absolute Gasteiger partial charge is 0.0911 e. The molecule has 1 aromatic carbocycles. The van der Waals surface area contributed by atoms with Gasteiger partial charge in [0, 0.05) is 0 Å². The molecule has 0 aromatic heterocycles. The van der Waals surface area contributed by atoms with E-state index in [9.17, 15) is 0 Å². The molecular weight excluding hydrogens is 156 g/mol. The normalized spacial score (nSPS) is 13.5. The van der Waals surface area contributed by atoms with Gasteiger partial charge in [0.1, 0.15) is 0 Å². The molecule has 0 amide bonds. The van der Waals surface area contributed by atoms with E-state index in [4.69, 9.17) is 0 Å². The van der Waals surface area contributed by atoms with Crippen molar-refractivity contribution in [1.29, 1.82) is 0 Å². The van der Waals surface area contributed by atoms with Crippen LogP contribution in [0, 0.1) is 13.8 Å². The first-order chi connectivity index (χ1) is 6.15. The van der Waals surface area contributed by atoms with Crippen LogP contribution in [0.2, 0.25) is 0 Å². The first kappa shape index (κ1) is 10.0. The summed E-state index contributed by atoms with van der Waals surface area (Å²) in [5, 5.41) is 0. The van der Waals surface area contributed by atoms with Crippen LogP contribution < -0.4 is 0 Å². The second-order valence-electron chi connectivity index (χ2n) is 3.67. The van der Waals surface area contributed by atoms with E-state index >= 15 is 0 Å². The molecule has 0 saturated carbocycles. The van der Waals surface area contributed by atoms with Crippen LogP contribution in [-0.2, 0) is 0 Å². The Morgan fingerprint density at radius 3 is 2.54 bits per heavy atom. The Labute approximate surface area is 81.3 Å². The molecule has 1 unspecified atom stereocenters. The summed E-state index contributed by atoms with van der Waals surface area (Å²) in [6.07, 6.45) is 4.36. The Morgan fingerprint density at radius 1 is 1.23 bits per heavy atom. The third kappa shape index (κ3) is 2.45. The second kappa shape index (κ2) is 4.27. The molecule has 1 rings (SSSR count). The highest BCUT2D eigenvalue weighted by atomic mass is 14.1. The van der Waals surface area contributed by atoms with E-state index in [1.54, 1.807) is 0 Å². The summed E-state index contributed by atoms with van der Waals surface area (Å²) in [6, 6.07) is 6.64. The van der Waals surface area contributed by atoms with Gasteiger partial charge in [0.15, 0.2) is 0 Å². The quantitative estimate of drug-likeness (QED) is 0.595. The maximum absolute atomic E-state index is 2.28. The third-order valence-corrected chi connectivity index (χ3v) is 2.41. The van der Waals surface area contributed by atoms with Gasteiger partial charge in [-0.25, -0.2) is 0 Å². The van der Waals surface area contributed by atoms with E-state index in [-0.39, 0.29) is 0 Å². The number of benzene rings is 1. The standard InChI is InChI=1S/C13H18/c1-5-6-11(3)13-9-10(2)7-8-12(13)4/h5-9,11H,1-4H3. The van der Waals surface area contributed by atoms with Gasteiger partial charge >= 0.3 is 0 Å². The molecule has 0 heteroatoms. The molecule has 0 fully saturated rings. The molecule has 70 valence electrons. The topological polar surface area (TPSA) is 0 Å². The number of rotatable bonds is 2. The molecule has 13 heavy (non-hydrogen) atoms. The van der Waals surface area contributed by atoms with E-state index in [1.165, 1.54) is 16.7 Å². The van der Waals surface area contributed by atoms with E-state index in [2.05, 4.69) is 58.0 Å². The fraction of sp³-hybridized carbons (Fsp3) is 0.385. The van der Waals surface area contributed by atoms with Crippen molar-refractivity contribution in [3.63, 3.8) is 0 Å². The van der Waals surface area contributed by atoms with Crippen LogP contribution in [0.3, 0.4) is 0 Å². The average molecular weight is 174 g/mol. The van der Waals surface area contributed by atoms with Gasteiger partial charge in [-0.2, -0.15) is 0 Å². The fourth-order valence-corrected chi connectivity index (χ4v) is 1.64. The minimum absolute atomic E-state index is 0.532. The zero-order valence-electron chi connectivity index (χ0n) is 8.96. The minimum atomic E-state index is 0.532. The molecule has 0 spiro atoms. The molecule has 0 heterocycles. The predicted molar refractivity (Wildman–Crippen MR) is 59.1 cm³/mol. The number of allylic oxidation sites excluding steroid dienone is 2. The predicted octanol–water partition coefficient (Wildman–Crippen LogP) is 3.98. The molecule has 0 N–H and O–H groups in total. The van der Waals surface area contributed by atoms with Crippen LogP contribution in [0.1, 0.15) is 36.5 Å². The van der Waals surface area contributed by atoms with E-state index in [0.717, 1.165) is 0 Å². The molecule has 0 aliphatic heterocycles. The third-order valence-electron chi connectivity index (χ3n) is 2.41. The Bertz CT molecular complexity index is 308. The van der Waals surface area contributed by atoms with Gasteiger partial charge in [-0.05, 0) is 37.8 Å². The number of hydrogen-bond acceptors (Lipinski definition) is 0. The van der Waals surface area contributed by atoms with Gasteiger partial charge in [0.2, 0.25) is 0 Å². The zero-order valence-corrected chi connectivity index (χ0v) is 8.96. The molecule has 0 aliphatic rings. The van der Waals surface area contributed by atoms with Gasteiger partial charge in [0.25, 0.3) is 0 Å². The lowest BCUT2D eigenvalue weighted by Crippen LogP contribution is -1.93. The van der Waals surface area contributed by atoms with Crippen molar-refractivity contribution >= 4 is 0 Å². The maximum Gasteiger partial charge on any atom is -0.000783 e. The fourth-order valence-electron chi connectivity index (χ4n) is 1.64.